The van der Waals surface area contributed by atoms with Gasteiger partial charge in [-0.2, -0.15) is 5.10 Å². The number of aliphatic imine (C=N–C) groups is 2. The third-order valence-electron chi connectivity index (χ3n) is 6.00. The van der Waals surface area contributed by atoms with E-state index in [1.54, 1.807) is 29.4 Å². The third-order valence-corrected chi connectivity index (χ3v) is 6.00. The van der Waals surface area contributed by atoms with Crippen molar-refractivity contribution in [1.29, 1.82) is 0 Å². The number of amidine groups is 1. The molecule has 0 bridgehead atoms. The maximum Gasteiger partial charge on any atom is 0.325 e. The average Bonchev–Trinajstić information content (AvgIpc) is 3.49. The molecule has 0 amide bonds. The number of H-pyrrole nitrogens is 2. The van der Waals surface area contributed by atoms with Crippen LogP contribution in [0.2, 0.25) is 0 Å². The summed E-state index contributed by atoms with van der Waals surface area (Å²) in [6.07, 6.45) is 4.48. The molecule has 2 aromatic rings. The summed E-state index contributed by atoms with van der Waals surface area (Å²) in [6.45, 7) is 5.92. The number of methoxy groups -OCH3 is 1. The summed E-state index contributed by atoms with van der Waals surface area (Å²) in [5.74, 6) is 1.67. The van der Waals surface area contributed by atoms with Crippen molar-refractivity contribution in [2.24, 2.45) is 21.0 Å². The zero-order chi connectivity index (χ0) is 25.2. The number of aromatic amines is 2. The van der Waals surface area contributed by atoms with Crippen LogP contribution in [0, 0.1) is 5.92 Å². The van der Waals surface area contributed by atoms with Crippen LogP contribution in [0.1, 0.15) is 37.1 Å². The number of nitrogens with zero attached hydrogens (tertiary/aromatic N) is 4. The first-order valence-corrected chi connectivity index (χ1v) is 11.8. The van der Waals surface area contributed by atoms with Gasteiger partial charge in [0.1, 0.15) is 0 Å². The molecule has 1 aliphatic carbocycles. The largest absolute Gasteiger partial charge is 0.490 e. The fourth-order valence-electron chi connectivity index (χ4n) is 4.06. The SMILES string of the molecule is C=CC(O)c1ccc(OC2=NC3C(Cc4[nH]c(=O)[nH]c4OC)C=NN3C(=NC3CC3)N2)c(OCC)c1. The average molecular weight is 496 g/mol. The fourth-order valence-corrected chi connectivity index (χ4v) is 4.06. The first kappa shape index (κ1) is 23.7. The lowest BCUT2D eigenvalue weighted by Crippen LogP contribution is -2.53. The van der Waals surface area contributed by atoms with Gasteiger partial charge < -0.3 is 24.3 Å². The molecular formula is C24H29N7O5. The van der Waals surface area contributed by atoms with E-state index in [0.29, 0.717) is 47.6 Å². The Labute approximate surface area is 207 Å². The highest BCUT2D eigenvalue weighted by atomic mass is 16.5. The predicted octanol–water partition coefficient (Wildman–Crippen LogP) is 1.67. The quantitative estimate of drug-likeness (QED) is 0.387. The molecule has 3 atom stereocenters. The summed E-state index contributed by atoms with van der Waals surface area (Å²) in [5, 5.41) is 19.6. The van der Waals surface area contributed by atoms with Crippen molar-refractivity contribution in [2.75, 3.05) is 13.7 Å². The molecule has 1 fully saturated rings. The molecule has 3 heterocycles. The van der Waals surface area contributed by atoms with Gasteiger partial charge in [-0.15, -0.1) is 6.58 Å². The molecule has 0 saturated heterocycles. The van der Waals surface area contributed by atoms with E-state index in [4.69, 9.17) is 24.2 Å². The molecule has 1 aromatic heterocycles. The lowest BCUT2D eigenvalue weighted by molar-refractivity contribution is 0.228. The Kier molecular flexibility index (Phi) is 6.51. The molecule has 4 N–H and O–H groups in total. The number of guanidine groups is 1. The minimum Gasteiger partial charge on any atom is -0.490 e. The van der Waals surface area contributed by atoms with Gasteiger partial charge in [0.2, 0.25) is 11.8 Å². The monoisotopic (exact) mass is 495 g/mol. The predicted molar refractivity (Wildman–Crippen MR) is 134 cm³/mol. The summed E-state index contributed by atoms with van der Waals surface area (Å²) in [5.41, 5.74) is 0.934. The maximum absolute atomic E-state index is 11.8. The summed E-state index contributed by atoms with van der Waals surface area (Å²) in [4.78, 5) is 26.7. The van der Waals surface area contributed by atoms with Gasteiger partial charge in [-0.25, -0.2) is 19.8 Å². The standard InChI is InChI=1S/C24H29N7O5/c1-4-17(32)13-6-9-18(19(11-13)35-5-2)36-24-28-20-14(10-16-21(34-3)29-23(33)27-16)12-25-31(20)22(30-24)26-15-7-8-15/h4,6,9,11-12,14-15,17,20,32H,1,5,7-8,10H2,2-3H3,(H,26,28,30)(H2,27,29,33). The van der Waals surface area contributed by atoms with E-state index < -0.39 is 12.3 Å². The number of nitrogens with one attached hydrogen (secondary N) is 3. The Balaban J connectivity index is 1.44. The number of aromatic nitrogens is 2. The summed E-state index contributed by atoms with van der Waals surface area (Å²) >= 11 is 0. The zero-order valence-corrected chi connectivity index (χ0v) is 20.1. The van der Waals surface area contributed by atoms with Crippen LogP contribution in [0.25, 0.3) is 0 Å². The number of ether oxygens (including phenoxy) is 3. The van der Waals surface area contributed by atoms with Crippen molar-refractivity contribution in [2.45, 2.75) is 44.5 Å². The number of hydrogen-bond acceptors (Lipinski definition) is 8. The minimum absolute atomic E-state index is 0.174. The van der Waals surface area contributed by atoms with Crippen molar-refractivity contribution in [3.8, 4) is 17.4 Å². The van der Waals surface area contributed by atoms with Gasteiger partial charge in [-0.05, 0) is 37.5 Å². The lowest BCUT2D eigenvalue weighted by atomic mass is 10.0. The molecule has 3 aliphatic rings. The zero-order valence-electron chi connectivity index (χ0n) is 20.1. The van der Waals surface area contributed by atoms with Gasteiger partial charge in [0.05, 0.1) is 31.6 Å². The first-order chi connectivity index (χ1) is 17.5. The highest BCUT2D eigenvalue weighted by Crippen LogP contribution is 2.33. The topological polar surface area (TPSA) is 149 Å². The Morgan fingerprint density at radius 1 is 1.33 bits per heavy atom. The molecule has 0 spiro atoms. The van der Waals surface area contributed by atoms with E-state index in [2.05, 4.69) is 27.0 Å². The third kappa shape index (κ3) is 4.85. The number of aliphatic hydroxyl groups is 1. The molecule has 3 unspecified atom stereocenters. The molecule has 5 rings (SSSR count). The van der Waals surface area contributed by atoms with Gasteiger partial charge >= 0.3 is 5.69 Å². The number of hydrogen-bond donors (Lipinski definition) is 4. The van der Waals surface area contributed by atoms with E-state index in [9.17, 15) is 9.90 Å². The Hall–Kier alpha value is -4.06. The molecular weight excluding hydrogens is 466 g/mol. The number of imidazole rings is 1. The highest BCUT2D eigenvalue weighted by Gasteiger charge is 2.40. The summed E-state index contributed by atoms with van der Waals surface area (Å²) in [6, 6.07) is 5.67. The number of rotatable bonds is 9. The van der Waals surface area contributed by atoms with Crippen LogP contribution >= 0.6 is 0 Å². The van der Waals surface area contributed by atoms with Gasteiger partial charge in [0, 0.05) is 18.6 Å². The number of benzene rings is 1. The fraction of sp³-hybridized carbons (Fsp3) is 0.417. The summed E-state index contributed by atoms with van der Waals surface area (Å²) in [7, 11) is 1.50. The Bertz CT molecular complexity index is 1280. The second-order valence-electron chi connectivity index (χ2n) is 8.65. The molecule has 2 aliphatic heterocycles. The van der Waals surface area contributed by atoms with Crippen molar-refractivity contribution in [3.63, 3.8) is 0 Å². The second kappa shape index (κ2) is 9.90. The van der Waals surface area contributed by atoms with Crippen LogP contribution < -0.4 is 25.2 Å². The molecule has 12 heteroatoms. The minimum atomic E-state index is -0.817. The smallest absolute Gasteiger partial charge is 0.325 e. The van der Waals surface area contributed by atoms with Gasteiger partial charge in [0.15, 0.2) is 17.7 Å². The Morgan fingerprint density at radius 2 is 2.17 bits per heavy atom. The van der Waals surface area contributed by atoms with Crippen LogP contribution in [-0.2, 0) is 6.42 Å². The molecule has 0 radical (unpaired) electrons. The van der Waals surface area contributed by atoms with E-state index in [-0.39, 0.29) is 23.7 Å². The normalized spacial score (nSPS) is 22.6. The van der Waals surface area contributed by atoms with E-state index in [1.165, 1.54) is 13.2 Å². The van der Waals surface area contributed by atoms with Crippen LogP contribution in [0.4, 0.5) is 0 Å². The molecule has 190 valence electrons. The van der Waals surface area contributed by atoms with E-state index in [0.717, 1.165) is 12.8 Å². The lowest BCUT2D eigenvalue weighted by Gasteiger charge is -2.31. The van der Waals surface area contributed by atoms with Crippen molar-refractivity contribution >= 4 is 18.2 Å². The number of aliphatic hydroxyl groups excluding tert-OH is 1. The Morgan fingerprint density at radius 3 is 2.89 bits per heavy atom. The molecule has 1 aromatic carbocycles. The maximum atomic E-state index is 11.8. The second-order valence-corrected chi connectivity index (χ2v) is 8.65. The van der Waals surface area contributed by atoms with Crippen LogP contribution in [0.3, 0.4) is 0 Å². The van der Waals surface area contributed by atoms with Gasteiger partial charge in [-0.1, -0.05) is 12.1 Å². The van der Waals surface area contributed by atoms with Crippen LogP contribution in [0.15, 0.2) is 50.7 Å². The molecule has 12 nitrogen and oxygen atoms in total. The first-order valence-electron chi connectivity index (χ1n) is 11.8. The van der Waals surface area contributed by atoms with E-state index >= 15 is 0 Å². The molecule has 36 heavy (non-hydrogen) atoms. The van der Waals surface area contributed by atoms with Crippen LogP contribution in [-0.4, -0.2) is 64.2 Å². The van der Waals surface area contributed by atoms with Crippen LogP contribution in [0.5, 0.6) is 17.4 Å². The summed E-state index contributed by atoms with van der Waals surface area (Å²) < 4.78 is 17.2. The molecule has 1 saturated carbocycles. The number of hydrazone groups is 1. The van der Waals surface area contributed by atoms with Crippen molar-refractivity contribution in [1.82, 2.24) is 20.3 Å². The highest BCUT2D eigenvalue weighted by molar-refractivity contribution is 6.00. The van der Waals surface area contributed by atoms with Crippen molar-refractivity contribution < 1.29 is 19.3 Å². The van der Waals surface area contributed by atoms with Crippen molar-refractivity contribution in [3.05, 3.63) is 52.6 Å². The van der Waals surface area contributed by atoms with Gasteiger partial charge in [-0.3, -0.25) is 10.3 Å². The van der Waals surface area contributed by atoms with E-state index in [1.807, 2.05) is 6.92 Å². The number of fused-ring (bicyclic) bond motifs is 1. The van der Waals surface area contributed by atoms with Gasteiger partial charge in [0.25, 0.3) is 6.02 Å².